The number of carboxylic acids is 1. The van der Waals surface area contributed by atoms with Crippen LogP contribution in [-0.2, 0) is 39.9 Å². The summed E-state index contributed by atoms with van der Waals surface area (Å²) < 4.78 is 12.0. The van der Waals surface area contributed by atoms with E-state index in [1.54, 1.807) is 33.0 Å². The fourth-order valence-corrected chi connectivity index (χ4v) is 8.65. The first kappa shape index (κ1) is 45.0. The lowest BCUT2D eigenvalue weighted by molar-refractivity contribution is -0.150. The number of aliphatic carboxylic acids is 1. The second-order valence-electron chi connectivity index (χ2n) is 16.5. The normalized spacial score (nSPS) is 22.4. The summed E-state index contributed by atoms with van der Waals surface area (Å²) >= 11 is 0. The third-order valence-corrected chi connectivity index (χ3v) is 12.2. The van der Waals surface area contributed by atoms with E-state index >= 15 is 0 Å². The average Bonchev–Trinajstić information content (AvgIpc) is 3.78. The molecule has 1 aromatic rings. The number of ether oxygens (including phenoxy) is 2. The van der Waals surface area contributed by atoms with Crippen molar-refractivity contribution in [3.05, 3.63) is 35.4 Å². The van der Waals surface area contributed by atoms with Crippen LogP contribution in [0.15, 0.2) is 24.3 Å². The molecule has 54 heavy (non-hydrogen) atoms. The van der Waals surface area contributed by atoms with E-state index < -0.39 is 48.0 Å². The van der Waals surface area contributed by atoms with Gasteiger partial charge in [-0.1, -0.05) is 79.2 Å². The van der Waals surface area contributed by atoms with Crippen molar-refractivity contribution in [3.8, 4) is 0 Å². The number of benzene rings is 1. The number of likely N-dealkylation sites (N-methyl/N-ethyl adjacent to an activating group) is 2. The van der Waals surface area contributed by atoms with Gasteiger partial charge < -0.3 is 35.0 Å². The monoisotopic (exact) mass is 757 g/mol. The summed E-state index contributed by atoms with van der Waals surface area (Å²) in [5.41, 5.74) is 1.78. The highest BCUT2D eigenvalue weighted by Gasteiger charge is 2.57. The van der Waals surface area contributed by atoms with Gasteiger partial charge in [-0.3, -0.25) is 19.2 Å². The molecule has 1 aliphatic heterocycles. The van der Waals surface area contributed by atoms with Crippen LogP contribution in [0.1, 0.15) is 91.7 Å². The summed E-state index contributed by atoms with van der Waals surface area (Å²) in [5.74, 6) is -2.82. The lowest BCUT2D eigenvalue weighted by Gasteiger charge is -2.41. The fraction of sp³-hybridized carbons (Fsp3) is 0.738. The average molecular weight is 757 g/mol. The molecule has 304 valence electrons. The molecular formula is C42H68N4O8. The minimum Gasteiger partial charge on any atom is -0.480 e. The van der Waals surface area contributed by atoms with Crippen LogP contribution in [0, 0.1) is 42.4 Å². The smallest absolute Gasteiger partial charge is 0.326 e. The maximum Gasteiger partial charge on any atom is 0.326 e. The van der Waals surface area contributed by atoms with Crippen molar-refractivity contribution in [2.24, 2.45) is 35.5 Å². The summed E-state index contributed by atoms with van der Waals surface area (Å²) in [7, 11) is 6.61. The predicted octanol–water partition coefficient (Wildman–Crippen LogP) is 4.50. The Morgan fingerprint density at radius 2 is 1.61 bits per heavy atom. The maximum absolute atomic E-state index is 14.4. The molecule has 1 saturated heterocycles. The highest BCUT2D eigenvalue weighted by Crippen LogP contribution is 2.50. The molecule has 1 aromatic carbocycles. The first-order valence-electron chi connectivity index (χ1n) is 19.8. The van der Waals surface area contributed by atoms with Crippen molar-refractivity contribution in [1.82, 2.24) is 20.4 Å². The highest BCUT2D eigenvalue weighted by atomic mass is 16.5. The van der Waals surface area contributed by atoms with Gasteiger partial charge >= 0.3 is 5.97 Å². The second kappa shape index (κ2) is 20.0. The zero-order valence-electron chi connectivity index (χ0n) is 34.8. The number of likely N-dealkylation sites (tertiary alicyclic amines) is 1. The van der Waals surface area contributed by atoms with E-state index in [4.69, 9.17) is 9.47 Å². The van der Waals surface area contributed by atoms with E-state index in [-0.39, 0.29) is 72.7 Å². The number of nitrogens with one attached hydrogen (secondary N) is 2. The molecule has 11 atom stereocenters. The summed E-state index contributed by atoms with van der Waals surface area (Å²) in [6.07, 6.45) is 1.30. The number of amides is 3. The number of carbonyl (C=O) groups is 5. The maximum atomic E-state index is 14.4. The molecular weight excluding hydrogens is 688 g/mol. The number of ketones is 1. The van der Waals surface area contributed by atoms with Crippen LogP contribution in [0.3, 0.4) is 0 Å². The van der Waals surface area contributed by atoms with Crippen molar-refractivity contribution >= 4 is 29.5 Å². The molecule has 0 spiro atoms. The fourth-order valence-electron chi connectivity index (χ4n) is 8.65. The van der Waals surface area contributed by atoms with Gasteiger partial charge in [0.15, 0.2) is 5.78 Å². The quantitative estimate of drug-likeness (QED) is 0.155. The van der Waals surface area contributed by atoms with E-state index in [1.807, 2.05) is 70.7 Å². The van der Waals surface area contributed by atoms with Crippen LogP contribution in [0.5, 0.6) is 0 Å². The number of hydrogen-bond donors (Lipinski definition) is 3. The summed E-state index contributed by atoms with van der Waals surface area (Å²) in [6.45, 7) is 15.6. The minimum absolute atomic E-state index is 0.00551. The van der Waals surface area contributed by atoms with E-state index in [2.05, 4.69) is 17.6 Å². The number of nitrogens with zero attached hydrogens (tertiary/aromatic N) is 2. The number of carbonyl (C=O) groups excluding carboxylic acids is 4. The Morgan fingerprint density at radius 3 is 2.13 bits per heavy atom. The number of fused-ring (bicyclic) bond motifs is 1. The van der Waals surface area contributed by atoms with Crippen molar-refractivity contribution in [2.75, 3.05) is 28.3 Å². The molecule has 3 amide bonds. The Bertz CT molecular complexity index is 1450. The Hall–Kier alpha value is -3.35. The second-order valence-corrected chi connectivity index (χ2v) is 16.5. The largest absolute Gasteiger partial charge is 0.480 e. The van der Waals surface area contributed by atoms with Gasteiger partial charge in [0.05, 0.1) is 42.7 Å². The van der Waals surface area contributed by atoms with Gasteiger partial charge in [-0.05, 0) is 61.6 Å². The van der Waals surface area contributed by atoms with Crippen LogP contribution in [0.2, 0.25) is 0 Å². The predicted molar refractivity (Wildman–Crippen MR) is 209 cm³/mol. The minimum atomic E-state index is -1.12. The zero-order valence-corrected chi connectivity index (χ0v) is 34.8. The van der Waals surface area contributed by atoms with Crippen molar-refractivity contribution < 1.29 is 38.6 Å². The topological polar surface area (TPSA) is 155 Å². The van der Waals surface area contributed by atoms with Crippen molar-refractivity contribution in [2.45, 2.75) is 136 Å². The standard InChI is InChI=1S/C42H68N4O8/c1-13-25(6)38(45(10)41(50)30(23(2)3)21-34(47)37(43-9)24(4)5)35(53-11)22-36(48)46-32-19-29(32)20-33(46)39(54-12)27(8)40(49)44-31(42(51)52)18-28-17-15-14-16-26(28)7/h14-17,23-25,27,29-33,35,37-39,43H,13,18-22H2,1-12H3,(H,44,49)(H,51,52)/t25-,27+,29-,30-,31-,32-,33-,35+,37-,38-,39+/m0/s1. The Morgan fingerprint density at radius 1 is 0.963 bits per heavy atom. The molecule has 0 radical (unpaired) electrons. The molecule has 1 heterocycles. The van der Waals surface area contributed by atoms with E-state index in [9.17, 15) is 29.1 Å². The molecule has 0 aromatic heterocycles. The lowest BCUT2D eigenvalue weighted by atomic mass is 9.84. The molecule has 2 fully saturated rings. The number of Topliss-reactive ketones (excluding diaryl/α,β-unsaturated/α-hetero) is 1. The molecule has 1 aliphatic carbocycles. The molecule has 2 aliphatic rings. The van der Waals surface area contributed by atoms with Gasteiger partial charge in [-0.15, -0.1) is 0 Å². The summed E-state index contributed by atoms with van der Waals surface area (Å²) in [5, 5.41) is 15.8. The first-order valence-corrected chi connectivity index (χ1v) is 19.8. The number of rotatable bonds is 22. The van der Waals surface area contributed by atoms with Crippen LogP contribution >= 0.6 is 0 Å². The number of piperidine rings is 1. The van der Waals surface area contributed by atoms with Crippen LogP contribution in [-0.4, -0.2) is 115 Å². The van der Waals surface area contributed by atoms with E-state index in [1.165, 1.54) is 7.11 Å². The Balaban J connectivity index is 1.81. The van der Waals surface area contributed by atoms with E-state index in [0.29, 0.717) is 12.3 Å². The molecule has 0 bridgehead atoms. The zero-order chi connectivity index (χ0) is 40.6. The van der Waals surface area contributed by atoms with E-state index in [0.717, 1.165) is 24.0 Å². The van der Waals surface area contributed by atoms with Gasteiger partial charge in [0, 0.05) is 46.1 Å². The van der Waals surface area contributed by atoms with Crippen LogP contribution < -0.4 is 10.6 Å². The van der Waals surface area contributed by atoms with Crippen molar-refractivity contribution in [3.63, 3.8) is 0 Å². The van der Waals surface area contributed by atoms with Gasteiger partial charge in [-0.2, -0.15) is 0 Å². The summed E-state index contributed by atoms with van der Waals surface area (Å²) in [4.78, 5) is 71.4. The highest BCUT2D eigenvalue weighted by molar-refractivity contribution is 5.90. The van der Waals surface area contributed by atoms with Crippen LogP contribution in [0.25, 0.3) is 0 Å². The molecule has 3 rings (SSSR count). The SMILES string of the molecule is CC[C@H](C)[C@@H]([C@@H](CC(=O)N1[C@H]2C[C@H]2C[C@H]1[C@H](OC)[C@@H](C)C(=O)N[C@@H](Cc1ccccc1C)C(=O)O)OC)N(C)C(=O)[C@@H](CC(=O)[C@@H](NC)C(C)C)C(C)C. The lowest BCUT2D eigenvalue weighted by Crippen LogP contribution is -2.55. The van der Waals surface area contributed by atoms with Gasteiger partial charge in [-0.25, -0.2) is 4.79 Å². The number of carboxylic acid groups (broad SMARTS) is 1. The Kier molecular flexibility index (Phi) is 16.7. The summed E-state index contributed by atoms with van der Waals surface area (Å²) in [6, 6.07) is 5.23. The Labute approximate surface area is 323 Å². The van der Waals surface area contributed by atoms with Crippen molar-refractivity contribution in [1.29, 1.82) is 0 Å². The molecule has 0 unspecified atom stereocenters. The van der Waals surface area contributed by atoms with Gasteiger partial charge in [0.2, 0.25) is 17.7 Å². The third kappa shape index (κ3) is 10.7. The number of hydrogen-bond acceptors (Lipinski definition) is 8. The number of methoxy groups -OCH3 is 2. The molecule has 1 saturated carbocycles. The number of aryl methyl sites for hydroxylation is 1. The van der Waals surface area contributed by atoms with Gasteiger partial charge in [0.25, 0.3) is 0 Å². The third-order valence-electron chi connectivity index (χ3n) is 12.2. The molecule has 12 heteroatoms. The first-order chi connectivity index (χ1) is 25.4. The van der Waals surface area contributed by atoms with Crippen LogP contribution in [0.4, 0.5) is 0 Å². The van der Waals surface area contributed by atoms with Gasteiger partial charge in [0.1, 0.15) is 6.04 Å². The molecule has 3 N–H and O–H groups in total. The molecule has 12 nitrogen and oxygen atoms in total.